The number of allylic oxidation sites excluding steroid dienone is 1. The molecule has 26 heavy (non-hydrogen) atoms. The Morgan fingerprint density at radius 3 is 2.58 bits per heavy atom. The number of hydrogen-bond acceptors (Lipinski definition) is 4. The summed E-state index contributed by atoms with van der Waals surface area (Å²) in [7, 11) is 0. The SMILES string of the molecule is O=C(Oc1ccc(Cl)cc1C(=O)C=Cc1cccs1)c1ccccc1Br. The lowest BCUT2D eigenvalue weighted by Gasteiger charge is -2.09. The molecule has 0 aliphatic rings. The van der Waals surface area contributed by atoms with Crippen LogP contribution in [0.15, 0.2) is 70.5 Å². The van der Waals surface area contributed by atoms with Crippen LogP contribution in [0.1, 0.15) is 25.6 Å². The summed E-state index contributed by atoms with van der Waals surface area (Å²) in [6.45, 7) is 0. The van der Waals surface area contributed by atoms with Gasteiger partial charge in [0.05, 0.1) is 11.1 Å². The fourth-order valence-electron chi connectivity index (χ4n) is 2.20. The van der Waals surface area contributed by atoms with Crippen molar-refractivity contribution >= 4 is 56.7 Å². The van der Waals surface area contributed by atoms with E-state index in [9.17, 15) is 9.59 Å². The minimum absolute atomic E-state index is 0.163. The molecular formula is C20H12BrClO3S. The van der Waals surface area contributed by atoms with Crippen LogP contribution in [0.5, 0.6) is 5.75 Å². The van der Waals surface area contributed by atoms with Gasteiger partial charge in [-0.05, 0) is 69.9 Å². The van der Waals surface area contributed by atoms with Crippen LogP contribution in [0, 0.1) is 0 Å². The van der Waals surface area contributed by atoms with Crippen molar-refractivity contribution in [2.75, 3.05) is 0 Å². The van der Waals surface area contributed by atoms with Gasteiger partial charge < -0.3 is 4.74 Å². The first-order chi connectivity index (χ1) is 12.5. The second-order valence-corrected chi connectivity index (χ2v) is 7.49. The molecule has 6 heteroatoms. The first kappa shape index (κ1) is 18.6. The van der Waals surface area contributed by atoms with E-state index in [2.05, 4.69) is 15.9 Å². The van der Waals surface area contributed by atoms with Crippen LogP contribution >= 0.6 is 38.9 Å². The third kappa shape index (κ3) is 4.49. The molecule has 0 atom stereocenters. The molecular weight excluding hydrogens is 436 g/mol. The van der Waals surface area contributed by atoms with Gasteiger partial charge in [-0.3, -0.25) is 4.79 Å². The van der Waals surface area contributed by atoms with Gasteiger partial charge in [0.15, 0.2) is 5.78 Å². The molecule has 0 radical (unpaired) electrons. The maximum atomic E-state index is 12.6. The fourth-order valence-corrected chi connectivity index (χ4v) is 3.44. The maximum Gasteiger partial charge on any atom is 0.344 e. The molecule has 0 aliphatic heterocycles. The van der Waals surface area contributed by atoms with E-state index in [1.807, 2.05) is 17.5 Å². The Kier molecular flexibility index (Phi) is 6.04. The predicted octanol–water partition coefficient (Wildman–Crippen LogP) is 6.28. The number of carbonyl (C=O) groups excluding carboxylic acids is 2. The number of rotatable bonds is 5. The van der Waals surface area contributed by atoms with E-state index in [0.717, 1.165) is 4.88 Å². The van der Waals surface area contributed by atoms with Crippen LogP contribution in [0.3, 0.4) is 0 Å². The van der Waals surface area contributed by atoms with Gasteiger partial charge >= 0.3 is 5.97 Å². The van der Waals surface area contributed by atoms with Crippen LogP contribution in [-0.4, -0.2) is 11.8 Å². The second kappa shape index (κ2) is 8.45. The van der Waals surface area contributed by atoms with E-state index in [4.69, 9.17) is 16.3 Å². The minimum atomic E-state index is -0.559. The normalized spacial score (nSPS) is 10.8. The predicted molar refractivity (Wildman–Crippen MR) is 108 cm³/mol. The summed E-state index contributed by atoms with van der Waals surface area (Å²) in [5.74, 6) is -0.692. The molecule has 0 unspecified atom stereocenters. The van der Waals surface area contributed by atoms with Crippen LogP contribution in [0.4, 0.5) is 0 Å². The number of benzene rings is 2. The van der Waals surface area contributed by atoms with Crippen LogP contribution in [0.2, 0.25) is 5.02 Å². The smallest absolute Gasteiger partial charge is 0.344 e. The van der Waals surface area contributed by atoms with Crippen molar-refractivity contribution < 1.29 is 14.3 Å². The average molecular weight is 448 g/mol. The molecule has 0 aliphatic carbocycles. The quantitative estimate of drug-likeness (QED) is 0.200. The van der Waals surface area contributed by atoms with E-state index in [1.165, 1.54) is 29.5 Å². The topological polar surface area (TPSA) is 43.4 Å². The van der Waals surface area contributed by atoms with Crippen molar-refractivity contribution in [2.45, 2.75) is 0 Å². The van der Waals surface area contributed by atoms with Gasteiger partial charge in [-0.1, -0.05) is 29.8 Å². The molecule has 1 heterocycles. The molecule has 0 fully saturated rings. The van der Waals surface area contributed by atoms with Gasteiger partial charge in [-0.25, -0.2) is 4.79 Å². The maximum absolute atomic E-state index is 12.6. The van der Waals surface area contributed by atoms with Crippen molar-refractivity contribution in [1.82, 2.24) is 0 Å². The lowest BCUT2D eigenvalue weighted by molar-refractivity contribution is 0.0732. The van der Waals surface area contributed by atoms with Crippen molar-refractivity contribution in [2.24, 2.45) is 0 Å². The zero-order chi connectivity index (χ0) is 18.5. The molecule has 1 aromatic heterocycles. The van der Waals surface area contributed by atoms with E-state index >= 15 is 0 Å². The first-order valence-electron chi connectivity index (χ1n) is 7.57. The molecule has 2 aromatic carbocycles. The van der Waals surface area contributed by atoms with Crippen molar-refractivity contribution in [1.29, 1.82) is 0 Å². The molecule has 0 saturated carbocycles. The average Bonchev–Trinajstić information content (AvgIpc) is 3.15. The highest BCUT2D eigenvalue weighted by molar-refractivity contribution is 9.10. The fraction of sp³-hybridized carbons (Fsp3) is 0. The zero-order valence-corrected chi connectivity index (χ0v) is 16.5. The Labute approximate surface area is 168 Å². The first-order valence-corrected chi connectivity index (χ1v) is 9.62. The van der Waals surface area contributed by atoms with E-state index in [-0.39, 0.29) is 17.1 Å². The highest BCUT2D eigenvalue weighted by Gasteiger charge is 2.17. The Bertz CT molecular complexity index is 980. The van der Waals surface area contributed by atoms with Gasteiger partial charge in [0.25, 0.3) is 0 Å². The Hall–Kier alpha value is -2.21. The number of thiophene rings is 1. The number of halogens is 2. The summed E-state index contributed by atoms with van der Waals surface area (Å²) in [5, 5.41) is 2.31. The molecule has 130 valence electrons. The molecule has 3 nitrogen and oxygen atoms in total. The number of carbonyl (C=O) groups is 2. The molecule has 0 amide bonds. The summed E-state index contributed by atoms with van der Waals surface area (Å²) in [4.78, 5) is 25.9. The Morgan fingerprint density at radius 2 is 1.85 bits per heavy atom. The molecule has 0 spiro atoms. The van der Waals surface area contributed by atoms with Gasteiger partial charge in [0.2, 0.25) is 0 Å². The monoisotopic (exact) mass is 446 g/mol. The minimum Gasteiger partial charge on any atom is -0.422 e. The molecule has 0 saturated heterocycles. The van der Waals surface area contributed by atoms with Crippen molar-refractivity contribution in [3.8, 4) is 5.75 Å². The largest absolute Gasteiger partial charge is 0.422 e. The number of ketones is 1. The summed E-state index contributed by atoms with van der Waals surface area (Å²) in [6.07, 6.45) is 3.15. The van der Waals surface area contributed by atoms with Crippen molar-refractivity contribution in [3.63, 3.8) is 0 Å². The third-order valence-electron chi connectivity index (χ3n) is 3.45. The van der Waals surface area contributed by atoms with Crippen molar-refractivity contribution in [3.05, 3.63) is 91.6 Å². The lowest BCUT2D eigenvalue weighted by Crippen LogP contribution is -2.11. The second-order valence-electron chi connectivity index (χ2n) is 5.22. The third-order valence-corrected chi connectivity index (χ3v) is 5.21. The number of ether oxygens (including phenoxy) is 1. The van der Waals surface area contributed by atoms with Crippen LogP contribution in [-0.2, 0) is 0 Å². The molecule has 0 N–H and O–H groups in total. The van der Waals surface area contributed by atoms with E-state index in [0.29, 0.717) is 15.1 Å². The van der Waals surface area contributed by atoms with Crippen LogP contribution < -0.4 is 4.74 Å². The van der Waals surface area contributed by atoms with Gasteiger partial charge in [-0.15, -0.1) is 11.3 Å². The number of hydrogen-bond donors (Lipinski definition) is 0. The lowest BCUT2D eigenvalue weighted by atomic mass is 10.1. The summed E-state index contributed by atoms with van der Waals surface area (Å²) in [6, 6.07) is 15.3. The summed E-state index contributed by atoms with van der Waals surface area (Å²) in [5.41, 5.74) is 0.598. The molecule has 3 rings (SSSR count). The summed E-state index contributed by atoms with van der Waals surface area (Å²) >= 11 is 10.9. The van der Waals surface area contributed by atoms with E-state index in [1.54, 1.807) is 36.4 Å². The Morgan fingerprint density at radius 1 is 1.04 bits per heavy atom. The van der Waals surface area contributed by atoms with Gasteiger partial charge in [-0.2, -0.15) is 0 Å². The summed E-state index contributed by atoms with van der Waals surface area (Å²) < 4.78 is 6.06. The molecule has 3 aromatic rings. The van der Waals surface area contributed by atoms with E-state index < -0.39 is 5.97 Å². The molecule has 0 bridgehead atoms. The Balaban J connectivity index is 1.87. The highest BCUT2D eigenvalue weighted by Crippen LogP contribution is 2.26. The van der Waals surface area contributed by atoms with Gasteiger partial charge in [0, 0.05) is 14.4 Å². The zero-order valence-electron chi connectivity index (χ0n) is 13.3. The standard InChI is InChI=1S/C20H12BrClO3S/c21-17-6-2-1-5-15(17)20(24)25-19-10-7-13(22)12-16(19)18(23)9-8-14-4-3-11-26-14/h1-12H. The van der Waals surface area contributed by atoms with Crippen LogP contribution in [0.25, 0.3) is 6.08 Å². The number of esters is 1. The van der Waals surface area contributed by atoms with Gasteiger partial charge in [0.1, 0.15) is 5.75 Å². The highest BCUT2D eigenvalue weighted by atomic mass is 79.9.